The Labute approximate surface area is 113 Å². The minimum atomic E-state index is -3.15. The highest BCUT2D eigenvalue weighted by atomic mass is 32.2. The highest BCUT2D eigenvalue weighted by Gasteiger charge is 2.12. The Bertz CT molecular complexity index is 616. The summed E-state index contributed by atoms with van der Waals surface area (Å²) in [5, 5.41) is 0. The van der Waals surface area contributed by atoms with Crippen LogP contribution in [0.2, 0.25) is 0 Å². The lowest BCUT2D eigenvalue weighted by atomic mass is 10.2. The fourth-order valence-electron chi connectivity index (χ4n) is 1.85. The molecule has 0 aliphatic carbocycles. The monoisotopic (exact) mass is 276 g/mol. The van der Waals surface area contributed by atoms with E-state index in [9.17, 15) is 8.42 Å². The second-order valence-electron chi connectivity index (χ2n) is 4.37. The number of rotatable bonds is 5. The maximum atomic E-state index is 12.1. The van der Waals surface area contributed by atoms with Crippen LogP contribution in [0.4, 0.5) is 0 Å². The van der Waals surface area contributed by atoms with E-state index in [4.69, 9.17) is 4.74 Å². The summed E-state index contributed by atoms with van der Waals surface area (Å²) < 4.78 is 29.2. The first-order chi connectivity index (χ1) is 9.09. The summed E-state index contributed by atoms with van der Waals surface area (Å²) in [6.07, 6.45) is 0. The second kappa shape index (κ2) is 5.89. The van der Waals surface area contributed by atoms with E-state index in [1.165, 1.54) is 0 Å². The van der Waals surface area contributed by atoms with Gasteiger partial charge in [-0.2, -0.15) is 0 Å². The van der Waals surface area contributed by atoms with E-state index in [0.29, 0.717) is 0 Å². The molecule has 100 valence electrons. The first-order valence-electron chi connectivity index (χ1n) is 5.96. The molecule has 4 heteroatoms. The summed E-state index contributed by atoms with van der Waals surface area (Å²) in [5.74, 6) is 0.843. The highest BCUT2D eigenvalue weighted by molar-refractivity contribution is 7.89. The molecule has 0 bridgehead atoms. The minimum absolute atomic E-state index is 0.0475. The van der Waals surface area contributed by atoms with E-state index < -0.39 is 9.84 Å². The summed E-state index contributed by atoms with van der Waals surface area (Å²) in [7, 11) is -1.56. The van der Waals surface area contributed by atoms with Gasteiger partial charge in [0.15, 0.2) is 9.84 Å². The van der Waals surface area contributed by atoms with Crippen molar-refractivity contribution < 1.29 is 13.2 Å². The van der Waals surface area contributed by atoms with Crippen molar-refractivity contribution in [2.24, 2.45) is 0 Å². The zero-order valence-electron chi connectivity index (χ0n) is 10.7. The van der Waals surface area contributed by atoms with Crippen molar-refractivity contribution in [1.29, 1.82) is 0 Å². The summed E-state index contributed by atoms with van der Waals surface area (Å²) in [5.41, 5.74) is 1.59. The Balaban J connectivity index is 2.08. The van der Waals surface area contributed by atoms with E-state index in [0.717, 1.165) is 16.9 Å². The van der Waals surface area contributed by atoms with E-state index in [-0.39, 0.29) is 11.5 Å². The lowest BCUT2D eigenvalue weighted by Crippen LogP contribution is -2.07. The molecule has 0 aromatic heterocycles. The molecule has 0 spiro atoms. The number of ether oxygens (including phenoxy) is 1. The van der Waals surface area contributed by atoms with E-state index >= 15 is 0 Å². The minimum Gasteiger partial charge on any atom is -0.497 e. The fraction of sp³-hybridized carbons (Fsp3) is 0.200. The summed E-state index contributed by atoms with van der Waals surface area (Å²) >= 11 is 0. The zero-order chi connectivity index (χ0) is 13.7. The SMILES string of the molecule is COc1ccc(CS(=O)(=O)Cc2ccccc2)cc1. The van der Waals surface area contributed by atoms with Crippen LogP contribution in [0.25, 0.3) is 0 Å². The molecule has 0 aliphatic heterocycles. The number of sulfone groups is 1. The van der Waals surface area contributed by atoms with Crippen LogP contribution in [0, 0.1) is 0 Å². The molecular formula is C15H16O3S. The quantitative estimate of drug-likeness (QED) is 0.843. The van der Waals surface area contributed by atoms with Crippen molar-refractivity contribution >= 4 is 9.84 Å². The van der Waals surface area contributed by atoms with Crippen LogP contribution in [0.1, 0.15) is 11.1 Å². The van der Waals surface area contributed by atoms with Crippen LogP contribution in [-0.4, -0.2) is 15.5 Å². The third-order valence-corrected chi connectivity index (χ3v) is 4.32. The fourth-order valence-corrected chi connectivity index (χ4v) is 3.36. The van der Waals surface area contributed by atoms with Crippen molar-refractivity contribution in [2.75, 3.05) is 7.11 Å². The van der Waals surface area contributed by atoms with Gasteiger partial charge in [-0.15, -0.1) is 0 Å². The Morgan fingerprint density at radius 1 is 0.842 bits per heavy atom. The van der Waals surface area contributed by atoms with Crippen molar-refractivity contribution in [3.8, 4) is 5.75 Å². The molecule has 0 aliphatic rings. The van der Waals surface area contributed by atoms with Crippen LogP contribution in [-0.2, 0) is 21.3 Å². The van der Waals surface area contributed by atoms with Gasteiger partial charge in [-0.05, 0) is 23.3 Å². The number of hydrogen-bond donors (Lipinski definition) is 0. The maximum Gasteiger partial charge on any atom is 0.158 e. The first kappa shape index (κ1) is 13.6. The molecule has 0 radical (unpaired) electrons. The van der Waals surface area contributed by atoms with Gasteiger partial charge >= 0.3 is 0 Å². The lowest BCUT2D eigenvalue weighted by molar-refractivity contribution is 0.414. The van der Waals surface area contributed by atoms with Crippen LogP contribution >= 0.6 is 0 Å². The smallest absolute Gasteiger partial charge is 0.158 e. The molecule has 19 heavy (non-hydrogen) atoms. The molecule has 0 amide bonds. The number of methoxy groups -OCH3 is 1. The van der Waals surface area contributed by atoms with E-state index in [1.807, 2.05) is 30.3 Å². The van der Waals surface area contributed by atoms with Gasteiger partial charge in [0.25, 0.3) is 0 Å². The Kier molecular flexibility index (Phi) is 4.22. The predicted octanol–water partition coefficient (Wildman–Crippen LogP) is 2.81. The van der Waals surface area contributed by atoms with Crippen LogP contribution in [0.15, 0.2) is 54.6 Å². The zero-order valence-corrected chi connectivity index (χ0v) is 11.6. The lowest BCUT2D eigenvalue weighted by Gasteiger charge is -2.06. The third-order valence-electron chi connectivity index (χ3n) is 2.78. The Morgan fingerprint density at radius 2 is 1.37 bits per heavy atom. The molecule has 0 saturated carbocycles. The summed E-state index contributed by atoms with van der Waals surface area (Å²) in [6.45, 7) is 0. The molecular weight excluding hydrogens is 260 g/mol. The maximum absolute atomic E-state index is 12.1. The van der Waals surface area contributed by atoms with Gasteiger partial charge in [-0.1, -0.05) is 42.5 Å². The molecule has 0 fully saturated rings. The van der Waals surface area contributed by atoms with Gasteiger partial charge in [0, 0.05) is 0 Å². The molecule has 2 aromatic carbocycles. The third kappa shape index (κ3) is 4.10. The van der Waals surface area contributed by atoms with Gasteiger partial charge in [0.1, 0.15) is 5.75 Å². The molecule has 0 heterocycles. The van der Waals surface area contributed by atoms with Gasteiger partial charge < -0.3 is 4.74 Å². The van der Waals surface area contributed by atoms with Crippen LogP contribution < -0.4 is 4.74 Å². The average Bonchev–Trinajstić information content (AvgIpc) is 2.39. The molecule has 3 nitrogen and oxygen atoms in total. The molecule has 2 aromatic rings. The van der Waals surface area contributed by atoms with Crippen LogP contribution in [0.3, 0.4) is 0 Å². The van der Waals surface area contributed by atoms with Crippen molar-refractivity contribution in [3.05, 3.63) is 65.7 Å². The second-order valence-corrected chi connectivity index (χ2v) is 6.43. The molecule has 0 N–H and O–H groups in total. The van der Waals surface area contributed by atoms with Crippen molar-refractivity contribution in [3.63, 3.8) is 0 Å². The molecule has 2 rings (SSSR count). The van der Waals surface area contributed by atoms with E-state index in [2.05, 4.69) is 0 Å². The van der Waals surface area contributed by atoms with Crippen molar-refractivity contribution in [2.45, 2.75) is 11.5 Å². The average molecular weight is 276 g/mol. The van der Waals surface area contributed by atoms with Gasteiger partial charge in [-0.25, -0.2) is 8.42 Å². The predicted molar refractivity (Wildman–Crippen MR) is 75.8 cm³/mol. The molecule has 0 unspecified atom stereocenters. The largest absolute Gasteiger partial charge is 0.497 e. The summed E-state index contributed by atoms with van der Waals surface area (Å²) in [6, 6.07) is 16.3. The van der Waals surface area contributed by atoms with Gasteiger partial charge in [-0.3, -0.25) is 0 Å². The topological polar surface area (TPSA) is 43.4 Å². The Hall–Kier alpha value is -1.81. The Morgan fingerprint density at radius 3 is 1.89 bits per heavy atom. The first-order valence-corrected chi connectivity index (χ1v) is 7.78. The number of hydrogen-bond acceptors (Lipinski definition) is 3. The standard InChI is InChI=1S/C15H16O3S/c1-18-15-9-7-14(8-10-15)12-19(16,17)11-13-5-3-2-4-6-13/h2-10H,11-12H2,1H3. The number of benzene rings is 2. The highest BCUT2D eigenvalue weighted by Crippen LogP contribution is 2.16. The van der Waals surface area contributed by atoms with E-state index in [1.54, 1.807) is 31.4 Å². The summed E-state index contributed by atoms with van der Waals surface area (Å²) in [4.78, 5) is 0. The van der Waals surface area contributed by atoms with Gasteiger partial charge in [0.05, 0.1) is 18.6 Å². The normalized spacial score (nSPS) is 11.2. The molecule has 0 atom stereocenters. The van der Waals surface area contributed by atoms with Crippen molar-refractivity contribution in [1.82, 2.24) is 0 Å². The van der Waals surface area contributed by atoms with Gasteiger partial charge in [0.2, 0.25) is 0 Å². The van der Waals surface area contributed by atoms with Crippen LogP contribution in [0.5, 0.6) is 5.75 Å². The molecule has 0 saturated heterocycles.